The maximum Gasteiger partial charge on any atom is -0.00141 e. The molecule has 2 radical (unpaired) electrons. The van der Waals surface area contributed by atoms with Gasteiger partial charge in [0.25, 0.3) is 0 Å². The Hall–Kier alpha value is -2.08. The van der Waals surface area contributed by atoms with Crippen molar-refractivity contribution in [3.05, 3.63) is 60.2 Å². The van der Waals surface area contributed by atoms with Crippen molar-refractivity contribution in [1.82, 2.24) is 0 Å². The molecule has 0 aliphatic rings. The second-order valence-electron chi connectivity index (χ2n) is 5.51. The fraction of sp³-hybridized carbons (Fsp3) is 0.200. The molecule has 4 rings (SSSR count). The number of rotatable bonds is 3. The molecule has 0 N–H and O–H groups in total. The Kier molecular flexibility index (Phi) is 2.63. The maximum absolute atomic E-state index is 3.57. The van der Waals surface area contributed by atoms with Crippen LogP contribution in [-0.4, -0.2) is 0 Å². The van der Waals surface area contributed by atoms with Crippen molar-refractivity contribution in [3.8, 4) is 0 Å². The van der Waals surface area contributed by atoms with Gasteiger partial charge in [0.2, 0.25) is 0 Å². The van der Waals surface area contributed by atoms with Crippen LogP contribution in [0.2, 0.25) is 0 Å². The smallest absolute Gasteiger partial charge is 0.00141 e. The van der Waals surface area contributed by atoms with Crippen LogP contribution in [0.3, 0.4) is 0 Å². The van der Waals surface area contributed by atoms with Crippen molar-refractivity contribution < 1.29 is 0 Å². The minimum Gasteiger partial charge on any atom is -0.0654 e. The quantitative estimate of drug-likeness (QED) is 0.423. The topological polar surface area (TPSA) is 0 Å². The van der Waals surface area contributed by atoms with Crippen molar-refractivity contribution in [2.24, 2.45) is 0 Å². The summed E-state index contributed by atoms with van der Waals surface area (Å²) in [5.74, 6) is 0. The first kappa shape index (κ1) is 11.7. The molecule has 0 aromatic heterocycles. The molecule has 0 fully saturated rings. The summed E-state index contributed by atoms with van der Waals surface area (Å²) >= 11 is 0. The molecule has 0 bridgehead atoms. The summed E-state index contributed by atoms with van der Waals surface area (Å²) in [6.45, 7) is 2.23. The standard InChI is InChI=1S/C20H16/c1-2-3-5-14-12-17-10-8-15-6-4-7-16-9-11-18(13-14)20(17)19(15)16/h4,6-11H,2-3,5H2,1H3. The SMILES string of the molecule is CCCCc1[c]c2ccc3cccc4ccc([c]1)c2c34. The minimum absolute atomic E-state index is 1.08. The predicted molar refractivity (Wildman–Crippen MR) is 86.4 cm³/mol. The third-order valence-electron chi connectivity index (χ3n) is 4.13. The summed E-state index contributed by atoms with van der Waals surface area (Å²) in [6, 6.07) is 22.5. The highest BCUT2D eigenvalue weighted by Gasteiger charge is 2.09. The van der Waals surface area contributed by atoms with E-state index in [1.807, 2.05) is 0 Å². The van der Waals surface area contributed by atoms with Gasteiger partial charge in [-0.3, -0.25) is 0 Å². The Labute approximate surface area is 119 Å². The van der Waals surface area contributed by atoms with Crippen molar-refractivity contribution in [2.75, 3.05) is 0 Å². The van der Waals surface area contributed by atoms with Gasteiger partial charge in [0.05, 0.1) is 0 Å². The summed E-state index contributed by atoms with van der Waals surface area (Å²) in [5.41, 5.74) is 1.22. The first-order chi connectivity index (χ1) is 9.86. The second kappa shape index (κ2) is 4.49. The van der Waals surface area contributed by atoms with E-state index in [1.165, 1.54) is 50.7 Å². The van der Waals surface area contributed by atoms with E-state index >= 15 is 0 Å². The third kappa shape index (κ3) is 1.68. The molecule has 0 spiro atoms. The highest BCUT2D eigenvalue weighted by Crippen LogP contribution is 2.34. The Morgan fingerprint density at radius 2 is 1.45 bits per heavy atom. The Bertz CT molecular complexity index is 822. The number of aryl methyl sites for hydroxylation is 1. The fourth-order valence-electron chi connectivity index (χ4n) is 3.13. The summed E-state index contributed by atoms with van der Waals surface area (Å²) in [5, 5.41) is 7.76. The molecule has 0 saturated carbocycles. The number of hydrogen-bond donors (Lipinski definition) is 0. The zero-order valence-corrected chi connectivity index (χ0v) is 11.7. The van der Waals surface area contributed by atoms with E-state index in [0.29, 0.717) is 0 Å². The average molecular weight is 256 g/mol. The van der Waals surface area contributed by atoms with Crippen LogP contribution >= 0.6 is 0 Å². The van der Waals surface area contributed by atoms with Gasteiger partial charge >= 0.3 is 0 Å². The van der Waals surface area contributed by atoms with Crippen LogP contribution < -0.4 is 0 Å². The molecular formula is C20H16. The normalized spacial score (nSPS) is 11.8. The second-order valence-corrected chi connectivity index (χ2v) is 5.51. The molecule has 96 valence electrons. The van der Waals surface area contributed by atoms with Crippen molar-refractivity contribution in [2.45, 2.75) is 26.2 Å². The number of hydrogen-bond acceptors (Lipinski definition) is 0. The first-order valence-electron chi connectivity index (χ1n) is 7.38. The fourth-order valence-corrected chi connectivity index (χ4v) is 3.13. The van der Waals surface area contributed by atoms with Crippen LogP contribution in [0.5, 0.6) is 0 Å². The van der Waals surface area contributed by atoms with E-state index in [-0.39, 0.29) is 0 Å². The van der Waals surface area contributed by atoms with Gasteiger partial charge in [-0.1, -0.05) is 55.8 Å². The molecule has 0 heterocycles. The molecule has 0 saturated heterocycles. The Balaban J connectivity index is 2.08. The predicted octanol–water partition coefficient (Wildman–Crippen LogP) is 5.53. The van der Waals surface area contributed by atoms with E-state index < -0.39 is 0 Å². The lowest BCUT2D eigenvalue weighted by Crippen LogP contribution is -1.89. The molecule has 0 unspecified atom stereocenters. The summed E-state index contributed by atoms with van der Waals surface area (Å²) < 4.78 is 0. The minimum atomic E-state index is 1.08. The molecule has 0 nitrogen and oxygen atoms in total. The van der Waals surface area contributed by atoms with Crippen LogP contribution in [0.4, 0.5) is 0 Å². The van der Waals surface area contributed by atoms with Gasteiger partial charge < -0.3 is 0 Å². The van der Waals surface area contributed by atoms with E-state index in [0.717, 1.165) is 6.42 Å². The average Bonchev–Trinajstić information content (AvgIpc) is 2.50. The Morgan fingerprint density at radius 1 is 0.800 bits per heavy atom. The van der Waals surface area contributed by atoms with Crippen molar-refractivity contribution >= 4 is 32.3 Å². The molecule has 0 atom stereocenters. The van der Waals surface area contributed by atoms with Crippen molar-refractivity contribution in [3.63, 3.8) is 0 Å². The molecule has 0 aliphatic carbocycles. The highest BCUT2D eigenvalue weighted by molar-refractivity contribution is 6.22. The van der Waals surface area contributed by atoms with Gasteiger partial charge in [-0.05, 0) is 62.9 Å². The van der Waals surface area contributed by atoms with Crippen LogP contribution in [0.25, 0.3) is 32.3 Å². The van der Waals surface area contributed by atoms with E-state index in [2.05, 4.69) is 61.5 Å². The van der Waals surface area contributed by atoms with E-state index in [4.69, 9.17) is 0 Å². The molecule has 0 heteroatoms. The van der Waals surface area contributed by atoms with Gasteiger partial charge in [-0.15, -0.1) is 0 Å². The zero-order valence-electron chi connectivity index (χ0n) is 11.7. The van der Waals surface area contributed by atoms with E-state index in [9.17, 15) is 0 Å². The summed E-state index contributed by atoms with van der Waals surface area (Å²) in [7, 11) is 0. The lowest BCUT2D eigenvalue weighted by atomic mass is 9.92. The molecule has 4 aromatic carbocycles. The van der Waals surface area contributed by atoms with Gasteiger partial charge in [0.15, 0.2) is 0 Å². The summed E-state index contributed by atoms with van der Waals surface area (Å²) in [4.78, 5) is 0. The molecule has 20 heavy (non-hydrogen) atoms. The molecule has 4 aromatic rings. The lowest BCUT2D eigenvalue weighted by molar-refractivity contribution is 0.795. The van der Waals surface area contributed by atoms with Crippen LogP contribution in [0, 0.1) is 12.1 Å². The molecule has 0 amide bonds. The monoisotopic (exact) mass is 256 g/mol. The van der Waals surface area contributed by atoms with Gasteiger partial charge in [-0.2, -0.15) is 0 Å². The first-order valence-corrected chi connectivity index (χ1v) is 7.38. The third-order valence-corrected chi connectivity index (χ3v) is 4.13. The van der Waals surface area contributed by atoms with Crippen LogP contribution in [-0.2, 0) is 6.42 Å². The van der Waals surface area contributed by atoms with Crippen LogP contribution in [0.1, 0.15) is 25.3 Å². The lowest BCUT2D eigenvalue weighted by Gasteiger charge is -2.11. The Morgan fingerprint density at radius 3 is 2.05 bits per heavy atom. The van der Waals surface area contributed by atoms with Crippen molar-refractivity contribution in [1.29, 1.82) is 0 Å². The zero-order chi connectivity index (χ0) is 13.5. The highest BCUT2D eigenvalue weighted by atomic mass is 14.1. The molecule has 0 aliphatic heterocycles. The number of unbranched alkanes of at least 4 members (excludes halogenated alkanes) is 1. The van der Waals surface area contributed by atoms with Gasteiger partial charge in [0.1, 0.15) is 0 Å². The van der Waals surface area contributed by atoms with Gasteiger partial charge in [-0.25, -0.2) is 0 Å². The van der Waals surface area contributed by atoms with Gasteiger partial charge in [0, 0.05) is 0 Å². The molecular weight excluding hydrogens is 240 g/mol. The number of benzene rings is 4. The summed E-state index contributed by atoms with van der Waals surface area (Å²) in [6.07, 6.45) is 3.50. The van der Waals surface area contributed by atoms with E-state index in [1.54, 1.807) is 0 Å². The maximum atomic E-state index is 3.57. The largest absolute Gasteiger partial charge is 0.0654 e. The van der Waals surface area contributed by atoms with Crippen LogP contribution in [0.15, 0.2) is 42.5 Å².